The number of oxime groups is 1. The summed E-state index contributed by atoms with van der Waals surface area (Å²) < 4.78 is 37.6. The van der Waals surface area contributed by atoms with E-state index in [-0.39, 0.29) is 43.0 Å². The largest absolute Gasteiger partial charge is 0.459 e. The van der Waals surface area contributed by atoms with Gasteiger partial charge in [0.05, 0.1) is 58.4 Å². The van der Waals surface area contributed by atoms with E-state index in [0.717, 1.165) is 0 Å². The smallest absolute Gasteiger partial charge is 0.311 e. The Bertz CT molecular complexity index is 1330. The number of hydrogen-bond donors (Lipinski definition) is 5. The minimum Gasteiger partial charge on any atom is -0.459 e. The van der Waals surface area contributed by atoms with Crippen molar-refractivity contribution in [3.05, 3.63) is 11.6 Å². The average molecular weight is 823 g/mol. The van der Waals surface area contributed by atoms with Crippen molar-refractivity contribution in [2.75, 3.05) is 27.8 Å². The Hall–Kier alpha value is -1.47. The second-order valence-electron chi connectivity index (χ2n) is 17.4. The summed E-state index contributed by atoms with van der Waals surface area (Å²) in [6, 6.07) is -0.327. The quantitative estimate of drug-likeness (QED) is 0.159. The van der Waals surface area contributed by atoms with Crippen LogP contribution in [0.25, 0.3) is 0 Å². The molecule has 0 aromatic carbocycles. The first-order valence-corrected chi connectivity index (χ1v) is 20.3. The Balaban J connectivity index is 2.25. The van der Waals surface area contributed by atoms with Crippen molar-refractivity contribution < 1.29 is 63.6 Å². The number of nitrogens with zero attached hydrogens (tertiary/aromatic N) is 2. The number of rotatable bonds is 10. The molecule has 0 saturated carbocycles. The Morgan fingerprint density at radius 2 is 1.61 bits per heavy atom. The van der Waals surface area contributed by atoms with Crippen LogP contribution in [-0.2, 0) is 38.1 Å². The number of aliphatic hydroxyl groups excluding tert-OH is 3. The third kappa shape index (κ3) is 11.2. The molecule has 2 unspecified atom stereocenters. The molecule has 0 amide bonds. The first-order chi connectivity index (χ1) is 25.8. The van der Waals surface area contributed by atoms with Gasteiger partial charge in [-0.2, -0.15) is 0 Å². The first kappa shape index (κ1) is 48.9. The van der Waals surface area contributed by atoms with Gasteiger partial charge < -0.3 is 63.7 Å². The number of hydrogen-bond acceptors (Lipinski definition) is 15. The van der Waals surface area contributed by atoms with Crippen LogP contribution in [0.5, 0.6) is 0 Å². The van der Waals surface area contributed by atoms with Crippen LogP contribution in [0.3, 0.4) is 0 Å². The molecular formula is C40H71ClN2O13. The van der Waals surface area contributed by atoms with Crippen molar-refractivity contribution in [2.45, 2.75) is 179 Å². The molecular weight excluding hydrogens is 752 g/mol. The van der Waals surface area contributed by atoms with E-state index in [2.05, 4.69) is 11.7 Å². The second kappa shape index (κ2) is 19.7. The number of halogens is 1. The highest BCUT2D eigenvalue weighted by molar-refractivity contribution is 6.29. The van der Waals surface area contributed by atoms with E-state index in [4.69, 9.17) is 44.9 Å². The maximum atomic E-state index is 14.3. The summed E-state index contributed by atoms with van der Waals surface area (Å²) in [7, 11) is 5.21. The van der Waals surface area contributed by atoms with Gasteiger partial charge in [-0.25, -0.2) is 0 Å². The van der Waals surface area contributed by atoms with Crippen molar-refractivity contribution in [2.24, 2.45) is 28.8 Å². The number of ether oxygens (including phenoxy) is 6. The fourth-order valence-corrected chi connectivity index (χ4v) is 8.82. The number of likely N-dealkylation sites (N-methyl/N-ethyl adjacent to an activating group) is 1. The third-order valence-corrected chi connectivity index (χ3v) is 12.4. The molecule has 0 aromatic heterocycles. The third-order valence-electron chi connectivity index (χ3n) is 12.2. The molecule has 3 fully saturated rings. The Kier molecular flexibility index (Phi) is 17.2. The van der Waals surface area contributed by atoms with Gasteiger partial charge in [0.1, 0.15) is 23.9 Å². The number of cyclic esters (lactones) is 1. The van der Waals surface area contributed by atoms with Gasteiger partial charge in [0.2, 0.25) is 0 Å². The van der Waals surface area contributed by atoms with Crippen LogP contribution in [0.4, 0.5) is 0 Å². The van der Waals surface area contributed by atoms with Gasteiger partial charge in [-0.05, 0) is 74.9 Å². The number of esters is 1. The Morgan fingerprint density at radius 1 is 0.982 bits per heavy atom. The minimum atomic E-state index is -1.97. The molecule has 0 bridgehead atoms. The predicted octanol–water partition coefficient (Wildman–Crippen LogP) is 3.34. The number of carbonyl (C=O) groups excluding carboxylic acids is 1. The lowest BCUT2D eigenvalue weighted by atomic mass is 9.73. The zero-order chi connectivity index (χ0) is 42.7. The highest BCUT2D eigenvalue weighted by atomic mass is 35.5. The minimum absolute atomic E-state index is 0.0334. The predicted molar refractivity (Wildman–Crippen MR) is 210 cm³/mol. The fraction of sp³-hybridized carbons (Fsp3) is 0.900. The maximum absolute atomic E-state index is 14.3. The lowest BCUT2D eigenvalue weighted by molar-refractivity contribution is -0.317. The van der Waals surface area contributed by atoms with Gasteiger partial charge >= 0.3 is 5.97 Å². The molecule has 16 heteroatoms. The van der Waals surface area contributed by atoms with E-state index in [1.807, 2.05) is 25.9 Å². The van der Waals surface area contributed by atoms with E-state index in [1.54, 1.807) is 55.4 Å². The monoisotopic (exact) mass is 822 g/mol. The summed E-state index contributed by atoms with van der Waals surface area (Å²) in [5.74, 6) is -4.14. The summed E-state index contributed by atoms with van der Waals surface area (Å²) in [5, 5.41) is 63.5. The van der Waals surface area contributed by atoms with Crippen LogP contribution in [0.2, 0.25) is 0 Å². The Morgan fingerprint density at radius 3 is 2.16 bits per heavy atom. The number of methoxy groups -OCH3 is 1. The van der Waals surface area contributed by atoms with E-state index >= 15 is 0 Å². The van der Waals surface area contributed by atoms with E-state index in [0.29, 0.717) is 12.1 Å². The van der Waals surface area contributed by atoms with Crippen LogP contribution in [0, 0.1) is 23.7 Å². The molecule has 3 heterocycles. The van der Waals surface area contributed by atoms with Crippen molar-refractivity contribution in [1.29, 1.82) is 0 Å². The number of carbonyl (C=O) groups is 1. The average Bonchev–Trinajstić information content (AvgIpc) is 3.11. The summed E-state index contributed by atoms with van der Waals surface area (Å²) in [5.41, 5.74) is -4.50. The van der Waals surface area contributed by atoms with Crippen LogP contribution in [-0.4, -0.2) is 154 Å². The highest BCUT2D eigenvalue weighted by Crippen LogP contribution is 2.41. The topological polar surface area (TPSA) is 198 Å². The molecule has 3 saturated heterocycles. The van der Waals surface area contributed by atoms with Gasteiger partial charge in [-0.1, -0.05) is 51.0 Å². The van der Waals surface area contributed by atoms with Gasteiger partial charge in [0.25, 0.3) is 0 Å². The lowest BCUT2D eigenvalue weighted by Gasteiger charge is -2.49. The van der Waals surface area contributed by atoms with Crippen LogP contribution in [0.1, 0.15) is 94.9 Å². The van der Waals surface area contributed by atoms with Crippen molar-refractivity contribution in [1.82, 2.24) is 4.90 Å². The SMILES string of the molecule is C=C(Cl)CO/N=C1\[C@H](C)C[C@@](C)(O)[C@H](O[C@@H]2O[C@H](C)C[C@H](N(C)C)[C@H]2O)[C@@H](C)C(O[C@H]2C[C@@](C)(OC)[C@@H](O)[C@H](C)O2)[C@@H](C)C(=O)OC(CC)[C@@](C)(O)[C@H](O)[C@H]1C. The molecule has 15 nitrogen and oxygen atoms in total. The molecule has 18 atom stereocenters. The molecule has 3 rings (SSSR count). The second-order valence-corrected chi connectivity index (χ2v) is 17.9. The zero-order valence-electron chi connectivity index (χ0n) is 35.7. The fourth-order valence-electron chi connectivity index (χ4n) is 8.77. The van der Waals surface area contributed by atoms with Crippen molar-refractivity contribution >= 4 is 23.3 Å². The van der Waals surface area contributed by atoms with Gasteiger partial charge in [-0.3, -0.25) is 4.79 Å². The Labute approximate surface area is 338 Å². The highest BCUT2D eigenvalue weighted by Gasteiger charge is 2.53. The molecule has 5 N–H and O–H groups in total. The van der Waals surface area contributed by atoms with Gasteiger partial charge in [0.15, 0.2) is 19.2 Å². The summed E-state index contributed by atoms with van der Waals surface area (Å²) in [4.78, 5) is 21.7. The summed E-state index contributed by atoms with van der Waals surface area (Å²) >= 11 is 5.97. The number of aliphatic hydroxyl groups is 5. The molecule has 56 heavy (non-hydrogen) atoms. The molecule has 3 aliphatic heterocycles. The lowest BCUT2D eigenvalue weighted by Crippen LogP contribution is -2.61. The molecule has 326 valence electrons. The first-order valence-electron chi connectivity index (χ1n) is 19.9. The van der Waals surface area contributed by atoms with Crippen molar-refractivity contribution in [3.63, 3.8) is 0 Å². The van der Waals surface area contributed by atoms with E-state index in [1.165, 1.54) is 14.0 Å². The van der Waals surface area contributed by atoms with Gasteiger partial charge in [-0.15, -0.1) is 0 Å². The zero-order valence-corrected chi connectivity index (χ0v) is 36.4. The van der Waals surface area contributed by atoms with Crippen LogP contribution >= 0.6 is 11.6 Å². The molecule has 3 aliphatic rings. The van der Waals surface area contributed by atoms with E-state index < -0.39 is 102 Å². The van der Waals surface area contributed by atoms with Crippen LogP contribution in [0.15, 0.2) is 16.8 Å². The van der Waals surface area contributed by atoms with Crippen LogP contribution < -0.4 is 0 Å². The molecule has 0 radical (unpaired) electrons. The van der Waals surface area contributed by atoms with Crippen molar-refractivity contribution in [3.8, 4) is 0 Å². The van der Waals surface area contributed by atoms with E-state index in [9.17, 15) is 30.3 Å². The standard InChI is InChI=1S/C40H71ClN2O13/c1-15-28-40(11,49)33(45)23(5)30(42-51-19-21(3)41)20(2)17-38(9,48)35(56-37-31(44)27(43(12)13)16-22(4)52-37)24(6)32(25(7)36(47)54-28)55-29-18-39(10,50-14)34(46)26(8)53-29/h20,22-29,31-35,37,44-46,48-49H,3,15-19H2,1-2,4-14H3/b42-30+/t20-,22-,23+,24+,25-,26+,27+,28?,29+,31-,32?,33-,34+,35-,37+,38-,39-,40-/m1/s1. The molecule has 0 spiro atoms. The maximum Gasteiger partial charge on any atom is 0.311 e. The molecule has 0 aliphatic carbocycles. The summed E-state index contributed by atoms with van der Waals surface area (Å²) in [6.45, 7) is 20.4. The summed E-state index contributed by atoms with van der Waals surface area (Å²) in [6.07, 6.45) is -9.49. The van der Waals surface area contributed by atoms with Gasteiger partial charge in [0, 0.05) is 37.3 Å². The molecule has 0 aromatic rings. The normalized spacial score (nSPS) is 47.0.